The maximum absolute atomic E-state index is 13.3. The second-order valence-corrected chi connectivity index (χ2v) is 10.9. The molecule has 3 heterocycles. The molecule has 0 spiro atoms. The van der Waals surface area contributed by atoms with Gasteiger partial charge in [0.2, 0.25) is 11.8 Å². The number of hydrogen-bond donors (Lipinski definition) is 2. The molecule has 5 amide bonds. The molecular formula is C32H28N6O6. The van der Waals surface area contributed by atoms with Crippen molar-refractivity contribution < 1.29 is 24.1 Å². The zero-order valence-electron chi connectivity index (χ0n) is 23.8. The number of nitro groups is 1. The Hall–Kier alpha value is -5.65. The van der Waals surface area contributed by atoms with E-state index < -0.39 is 22.8 Å². The molecule has 222 valence electrons. The zero-order valence-corrected chi connectivity index (χ0v) is 23.8. The van der Waals surface area contributed by atoms with Crippen molar-refractivity contribution >= 4 is 52.6 Å². The second kappa shape index (κ2) is 11.6. The van der Waals surface area contributed by atoms with Crippen molar-refractivity contribution in [3.05, 3.63) is 105 Å². The highest BCUT2D eigenvalue weighted by molar-refractivity contribution is 6.24. The highest BCUT2D eigenvalue weighted by atomic mass is 16.6. The number of amides is 5. The van der Waals surface area contributed by atoms with Gasteiger partial charge in [0.1, 0.15) is 11.6 Å². The largest absolute Gasteiger partial charge is 0.338 e. The summed E-state index contributed by atoms with van der Waals surface area (Å²) in [5.41, 5.74) is 4.15. The maximum atomic E-state index is 13.3. The van der Waals surface area contributed by atoms with Crippen LogP contribution in [0.3, 0.4) is 0 Å². The van der Waals surface area contributed by atoms with Crippen molar-refractivity contribution in [1.29, 1.82) is 0 Å². The number of nitrogens with zero attached hydrogens (tertiary/aromatic N) is 4. The minimum atomic E-state index is -0.914. The van der Waals surface area contributed by atoms with E-state index in [9.17, 15) is 29.3 Å². The van der Waals surface area contributed by atoms with Gasteiger partial charge >= 0.3 is 6.03 Å². The summed E-state index contributed by atoms with van der Waals surface area (Å²) >= 11 is 0. The van der Waals surface area contributed by atoms with Gasteiger partial charge in [0.25, 0.3) is 11.6 Å². The van der Waals surface area contributed by atoms with E-state index in [1.165, 1.54) is 30.1 Å². The van der Waals surface area contributed by atoms with E-state index in [1.54, 1.807) is 30.3 Å². The zero-order chi connectivity index (χ0) is 31.0. The topological polar surface area (TPSA) is 154 Å². The number of anilines is 1. The van der Waals surface area contributed by atoms with E-state index in [0.717, 1.165) is 24.9 Å². The average molecular weight is 593 g/mol. The van der Waals surface area contributed by atoms with Gasteiger partial charge in [-0.1, -0.05) is 36.4 Å². The molecule has 3 aromatic rings. The minimum absolute atomic E-state index is 0.134. The van der Waals surface area contributed by atoms with Gasteiger partial charge in [-0.3, -0.25) is 39.7 Å². The van der Waals surface area contributed by atoms with Crippen LogP contribution in [0.1, 0.15) is 47.4 Å². The monoisotopic (exact) mass is 592 g/mol. The first kappa shape index (κ1) is 28.5. The van der Waals surface area contributed by atoms with Crippen molar-refractivity contribution in [3.63, 3.8) is 0 Å². The second-order valence-electron chi connectivity index (χ2n) is 10.9. The number of urea groups is 1. The molecule has 12 nitrogen and oxygen atoms in total. The van der Waals surface area contributed by atoms with E-state index >= 15 is 0 Å². The molecule has 2 saturated heterocycles. The van der Waals surface area contributed by atoms with Crippen molar-refractivity contribution in [3.8, 4) is 0 Å². The predicted molar refractivity (Wildman–Crippen MR) is 162 cm³/mol. The summed E-state index contributed by atoms with van der Waals surface area (Å²) in [5, 5.41) is 16.6. The van der Waals surface area contributed by atoms with Crippen LogP contribution in [0.2, 0.25) is 0 Å². The molecule has 3 aliphatic rings. The summed E-state index contributed by atoms with van der Waals surface area (Å²) in [6, 6.07) is 18.1. The molecule has 1 atom stereocenters. The fraction of sp³-hybridized carbons (Fsp3) is 0.219. The number of fused-ring (bicyclic) bond motifs is 1. The van der Waals surface area contributed by atoms with Crippen LogP contribution in [0.4, 0.5) is 21.9 Å². The molecule has 44 heavy (non-hydrogen) atoms. The normalized spacial score (nSPS) is 19.3. The fourth-order valence-electron chi connectivity index (χ4n) is 5.57. The highest BCUT2D eigenvalue weighted by Crippen LogP contribution is 2.38. The molecule has 0 aromatic heterocycles. The molecule has 0 radical (unpaired) electrons. The maximum Gasteiger partial charge on any atom is 0.328 e. The van der Waals surface area contributed by atoms with Gasteiger partial charge in [0, 0.05) is 49.9 Å². The minimum Gasteiger partial charge on any atom is -0.338 e. The molecule has 2 fully saturated rings. The highest BCUT2D eigenvalue weighted by Gasteiger charge is 2.37. The summed E-state index contributed by atoms with van der Waals surface area (Å²) in [6.45, 7) is 1.20. The SMILES string of the molecule is CN1C(=O)NC(=O)C1=Cc1ccc(N=C(c2ccc(CN3CCCCC3=O)cc2)C2C(=O)Nc3ccc([N+](=O)[O-])cc32)cc1. The Morgan fingerprint density at radius 3 is 2.41 bits per heavy atom. The molecular weight excluding hydrogens is 564 g/mol. The third-order valence-electron chi connectivity index (χ3n) is 7.96. The smallest absolute Gasteiger partial charge is 0.328 e. The molecule has 12 heteroatoms. The molecule has 2 N–H and O–H groups in total. The van der Waals surface area contributed by atoms with E-state index in [4.69, 9.17) is 4.99 Å². The Kier molecular flexibility index (Phi) is 7.48. The Balaban J connectivity index is 1.37. The van der Waals surface area contributed by atoms with Gasteiger partial charge in [-0.25, -0.2) is 4.79 Å². The first-order valence-corrected chi connectivity index (χ1v) is 14.1. The average Bonchev–Trinajstić information content (AvgIpc) is 3.46. The lowest BCUT2D eigenvalue weighted by Crippen LogP contribution is -2.34. The number of rotatable bonds is 7. The number of imide groups is 1. The molecule has 0 bridgehead atoms. The van der Waals surface area contributed by atoms with Crippen molar-refractivity contribution in [2.75, 3.05) is 18.9 Å². The van der Waals surface area contributed by atoms with Crippen LogP contribution in [0, 0.1) is 10.1 Å². The van der Waals surface area contributed by atoms with Gasteiger partial charge in [-0.05, 0) is 53.8 Å². The number of aliphatic imine (C=N–C) groups is 1. The van der Waals surface area contributed by atoms with Crippen LogP contribution >= 0.6 is 0 Å². The lowest BCUT2D eigenvalue weighted by atomic mass is 9.90. The number of piperidine rings is 1. The van der Waals surface area contributed by atoms with Crippen LogP contribution in [0.5, 0.6) is 0 Å². The van der Waals surface area contributed by atoms with E-state index in [1.807, 2.05) is 29.2 Å². The van der Waals surface area contributed by atoms with E-state index in [0.29, 0.717) is 46.7 Å². The number of carbonyl (C=O) groups is 4. The number of carbonyl (C=O) groups excluding carboxylic acids is 4. The van der Waals surface area contributed by atoms with Crippen LogP contribution < -0.4 is 10.6 Å². The molecule has 0 aliphatic carbocycles. The van der Waals surface area contributed by atoms with Gasteiger partial charge in [-0.15, -0.1) is 0 Å². The lowest BCUT2D eigenvalue weighted by Gasteiger charge is -2.26. The quantitative estimate of drug-likeness (QED) is 0.136. The third-order valence-corrected chi connectivity index (χ3v) is 7.96. The fourth-order valence-corrected chi connectivity index (χ4v) is 5.57. The van der Waals surface area contributed by atoms with Gasteiger partial charge in [-0.2, -0.15) is 0 Å². The van der Waals surface area contributed by atoms with Gasteiger partial charge in [0.05, 0.1) is 16.3 Å². The lowest BCUT2D eigenvalue weighted by molar-refractivity contribution is -0.384. The number of nitro benzene ring substituents is 1. The van der Waals surface area contributed by atoms with Crippen LogP contribution in [-0.2, 0) is 20.9 Å². The standard InChI is InChI=1S/C32H28N6O6/c1-36-26(30(40)35-32(36)42)16-19-7-11-22(12-8-19)33-29(28-24-17-23(38(43)44)13-14-25(24)34-31(28)41)21-9-5-20(6-10-21)18-37-15-3-2-4-27(37)39/h5-14,16-17,28H,2-4,15,18H2,1H3,(H,34,41)(H,35,40,42). The number of likely N-dealkylation sites (tertiary alicyclic amines) is 1. The van der Waals surface area contributed by atoms with Crippen LogP contribution in [0.25, 0.3) is 6.08 Å². The van der Waals surface area contributed by atoms with Crippen molar-refractivity contribution in [1.82, 2.24) is 15.1 Å². The molecule has 3 aromatic carbocycles. The van der Waals surface area contributed by atoms with Crippen molar-refractivity contribution in [2.45, 2.75) is 31.7 Å². The summed E-state index contributed by atoms with van der Waals surface area (Å²) in [6.07, 6.45) is 4.01. The molecule has 3 aliphatic heterocycles. The van der Waals surface area contributed by atoms with Gasteiger partial charge < -0.3 is 10.2 Å². The Morgan fingerprint density at radius 1 is 1.00 bits per heavy atom. The number of non-ortho nitro benzene ring substituents is 1. The van der Waals surface area contributed by atoms with E-state index in [2.05, 4.69) is 10.6 Å². The summed E-state index contributed by atoms with van der Waals surface area (Å²) in [4.78, 5) is 68.5. The van der Waals surface area contributed by atoms with Crippen LogP contribution in [-0.4, -0.2) is 57.8 Å². The van der Waals surface area contributed by atoms with Crippen LogP contribution in [0.15, 0.2) is 77.4 Å². The summed E-state index contributed by atoms with van der Waals surface area (Å²) < 4.78 is 0. The van der Waals surface area contributed by atoms with Gasteiger partial charge in [0.15, 0.2) is 0 Å². The van der Waals surface area contributed by atoms with Crippen molar-refractivity contribution in [2.24, 2.45) is 4.99 Å². The van der Waals surface area contributed by atoms with E-state index in [-0.39, 0.29) is 23.2 Å². The Morgan fingerprint density at radius 2 is 1.75 bits per heavy atom. The number of benzene rings is 3. The molecule has 6 rings (SSSR count). The number of hydrogen-bond acceptors (Lipinski definition) is 7. The molecule has 0 saturated carbocycles. The molecule has 1 unspecified atom stereocenters. The number of likely N-dealkylation sites (N-methyl/N-ethyl adjacent to an activating group) is 1. The Bertz CT molecular complexity index is 1760. The first-order chi connectivity index (χ1) is 21.2. The first-order valence-electron chi connectivity index (χ1n) is 14.1. The summed E-state index contributed by atoms with van der Waals surface area (Å²) in [7, 11) is 1.50. The third kappa shape index (κ3) is 5.56. The summed E-state index contributed by atoms with van der Waals surface area (Å²) in [5.74, 6) is -1.63. The number of nitrogens with one attached hydrogen (secondary N) is 2. The Labute approximate surface area is 252 Å². The predicted octanol–water partition coefficient (Wildman–Crippen LogP) is 4.49.